The number of rotatable bonds is 5. The lowest BCUT2D eigenvalue weighted by Gasteiger charge is -2.21. The third-order valence-corrected chi connectivity index (χ3v) is 7.34. The first-order valence-corrected chi connectivity index (χ1v) is 12.1. The van der Waals surface area contributed by atoms with Crippen LogP contribution in [0.5, 0.6) is 11.5 Å². The highest BCUT2D eigenvalue weighted by Gasteiger charge is 2.20. The maximum atomic E-state index is 12.8. The number of amides is 1. The lowest BCUT2D eigenvalue weighted by molar-refractivity contribution is -0.121. The summed E-state index contributed by atoms with van der Waals surface area (Å²) in [5, 5.41) is 3.78. The molecule has 1 aliphatic carbocycles. The van der Waals surface area contributed by atoms with E-state index in [1.807, 2.05) is 25.1 Å². The fourth-order valence-electron chi connectivity index (χ4n) is 4.46. The molecule has 0 spiro atoms. The van der Waals surface area contributed by atoms with Crippen LogP contribution < -0.4 is 20.3 Å². The number of aromatic nitrogens is 2. The van der Waals surface area contributed by atoms with Crippen LogP contribution in [0.4, 0.5) is 0 Å². The molecule has 2 N–H and O–H groups in total. The van der Waals surface area contributed by atoms with Crippen molar-refractivity contribution in [3.63, 3.8) is 0 Å². The van der Waals surface area contributed by atoms with Gasteiger partial charge in [0.05, 0.1) is 11.4 Å². The monoisotopic (exact) mass is 453 g/mol. The van der Waals surface area contributed by atoms with E-state index in [9.17, 15) is 9.59 Å². The number of fused-ring (bicyclic) bond motifs is 4. The van der Waals surface area contributed by atoms with Crippen molar-refractivity contribution in [2.24, 2.45) is 0 Å². The first-order valence-electron chi connectivity index (χ1n) is 11.3. The Morgan fingerprint density at radius 2 is 2.00 bits per heavy atom. The average Bonchev–Trinajstić information content (AvgIpc) is 2.99. The van der Waals surface area contributed by atoms with Crippen LogP contribution in [-0.4, -0.2) is 29.1 Å². The molecule has 2 aliphatic rings. The highest BCUT2D eigenvalue weighted by Crippen LogP contribution is 2.33. The molecule has 1 aromatic carbocycles. The van der Waals surface area contributed by atoms with Crippen LogP contribution >= 0.6 is 11.3 Å². The van der Waals surface area contributed by atoms with Crippen molar-refractivity contribution in [2.75, 3.05) is 13.2 Å². The molecule has 1 atom stereocenters. The Bertz CT molecular complexity index is 1220. The third kappa shape index (κ3) is 4.24. The number of aromatic amines is 1. The van der Waals surface area contributed by atoms with Crippen molar-refractivity contribution in [1.29, 1.82) is 0 Å². The zero-order valence-corrected chi connectivity index (χ0v) is 19.0. The maximum Gasteiger partial charge on any atom is 0.259 e. The van der Waals surface area contributed by atoms with Gasteiger partial charge in [0, 0.05) is 17.7 Å². The van der Waals surface area contributed by atoms with Crippen molar-refractivity contribution in [1.82, 2.24) is 15.3 Å². The molecule has 1 amide bonds. The lowest BCUT2D eigenvalue weighted by atomic mass is 10.1. The number of hydrogen-bond acceptors (Lipinski definition) is 6. The number of thiophene rings is 1. The number of benzene rings is 1. The molecule has 1 aliphatic heterocycles. The van der Waals surface area contributed by atoms with Gasteiger partial charge in [0.25, 0.3) is 5.56 Å². The second-order valence-electron chi connectivity index (χ2n) is 8.45. The van der Waals surface area contributed by atoms with Gasteiger partial charge < -0.3 is 19.8 Å². The molecular formula is C24H27N3O4S. The molecule has 7 nitrogen and oxygen atoms in total. The minimum Gasteiger partial charge on any atom is -0.486 e. The topological polar surface area (TPSA) is 93.3 Å². The van der Waals surface area contributed by atoms with Crippen LogP contribution in [0.25, 0.3) is 10.2 Å². The van der Waals surface area contributed by atoms with Gasteiger partial charge in [-0.2, -0.15) is 0 Å². The van der Waals surface area contributed by atoms with Crippen molar-refractivity contribution in [2.45, 2.75) is 57.9 Å². The predicted molar refractivity (Wildman–Crippen MR) is 124 cm³/mol. The first-order chi connectivity index (χ1) is 15.6. The predicted octanol–water partition coefficient (Wildman–Crippen LogP) is 3.83. The average molecular weight is 454 g/mol. The molecule has 0 radical (unpaired) electrons. The quantitative estimate of drug-likeness (QED) is 0.573. The van der Waals surface area contributed by atoms with Crippen LogP contribution in [0.3, 0.4) is 0 Å². The lowest BCUT2D eigenvalue weighted by Crippen LogP contribution is -2.27. The van der Waals surface area contributed by atoms with Gasteiger partial charge >= 0.3 is 0 Å². The molecule has 0 unspecified atom stereocenters. The summed E-state index contributed by atoms with van der Waals surface area (Å²) in [4.78, 5) is 35.0. The summed E-state index contributed by atoms with van der Waals surface area (Å²) in [6.07, 6.45) is 6.16. The normalized spacial score (nSPS) is 16.3. The van der Waals surface area contributed by atoms with Crippen LogP contribution in [0.2, 0.25) is 0 Å². The van der Waals surface area contributed by atoms with Crippen LogP contribution in [0.1, 0.15) is 60.5 Å². The number of H-pyrrole nitrogens is 1. The van der Waals surface area contributed by atoms with Crippen molar-refractivity contribution >= 4 is 27.5 Å². The minimum atomic E-state index is -0.166. The van der Waals surface area contributed by atoms with Crippen LogP contribution in [0, 0.1) is 0 Å². The number of nitrogens with one attached hydrogen (secondary N) is 2. The van der Waals surface area contributed by atoms with Crippen molar-refractivity contribution in [3.05, 3.63) is 50.4 Å². The number of carbonyl (C=O) groups excluding carboxylic acids is 1. The second-order valence-corrected chi connectivity index (χ2v) is 9.53. The Morgan fingerprint density at radius 1 is 1.19 bits per heavy atom. The van der Waals surface area contributed by atoms with E-state index in [2.05, 4.69) is 15.3 Å². The van der Waals surface area contributed by atoms with Gasteiger partial charge in [-0.15, -0.1) is 11.3 Å². The molecule has 0 bridgehead atoms. The van der Waals surface area contributed by atoms with Crippen molar-refractivity contribution in [3.8, 4) is 11.5 Å². The van der Waals surface area contributed by atoms with E-state index in [1.165, 1.54) is 23.3 Å². The molecule has 2 aromatic heterocycles. The zero-order chi connectivity index (χ0) is 22.1. The Morgan fingerprint density at radius 3 is 2.88 bits per heavy atom. The Kier molecular flexibility index (Phi) is 5.87. The van der Waals surface area contributed by atoms with Gasteiger partial charge in [0.2, 0.25) is 5.91 Å². The summed E-state index contributed by atoms with van der Waals surface area (Å²) >= 11 is 1.64. The number of ether oxygens (including phenoxy) is 2. The van der Waals surface area contributed by atoms with Gasteiger partial charge in [-0.05, 0) is 55.9 Å². The Labute approximate surface area is 190 Å². The van der Waals surface area contributed by atoms with Gasteiger partial charge in [0.1, 0.15) is 23.9 Å². The molecule has 0 saturated carbocycles. The standard InChI is InChI=1S/C24H27N3O4S/c1-14(15-7-8-17-18(13-15)31-12-11-30-17)25-21(28)10-9-20-26-23(29)22-16-5-3-2-4-6-19(16)32-24(22)27-20/h7-8,13-14H,2-6,9-12H2,1H3,(H,25,28)(H,26,27,29)/t14-/m1/s1. The summed E-state index contributed by atoms with van der Waals surface area (Å²) in [6.45, 7) is 3.02. The number of nitrogens with zero attached hydrogens (tertiary/aromatic N) is 1. The summed E-state index contributed by atoms with van der Waals surface area (Å²) < 4.78 is 11.2. The largest absolute Gasteiger partial charge is 0.486 e. The fraction of sp³-hybridized carbons (Fsp3) is 0.458. The first kappa shape index (κ1) is 21.0. The third-order valence-electron chi connectivity index (χ3n) is 6.16. The molecular weight excluding hydrogens is 426 g/mol. The highest BCUT2D eigenvalue weighted by molar-refractivity contribution is 7.18. The number of carbonyl (C=O) groups is 1. The van der Waals surface area contributed by atoms with Gasteiger partial charge in [-0.25, -0.2) is 4.98 Å². The number of aryl methyl sites for hydroxylation is 3. The van der Waals surface area contributed by atoms with E-state index in [1.54, 1.807) is 11.3 Å². The Balaban J connectivity index is 1.24. The molecule has 5 rings (SSSR count). The van der Waals surface area contributed by atoms with E-state index in [0.29, 0.717) is 31.2 Å². The summed E-state index contributed by atoms with van der Waals surface area (Å²) in [7, 11) is 0. The molecule has 8 heteroatoms. The van der Waals surface area contributed by atoms with E-state index < -0.39 is 0 Å². The molecule has 0 fully saturated rings. The Hall–Kier alpha value is -2.87. The summed E-state index contributed by atoms with van der Waals surface area (Å²) in [5.74, 6) is 1.92. The van der Waals surface area contributed by atoms with Gasteiger partial charge in [-0.3, -0.25) is 9.59 Å². The second kappa shape index (κ2) is 8.94. The number of hydrogen-bond donors (Lipinski definition) is 2. The van der Waals surface area contributed by atoms with Crippen LogP contribution in [-0.2, 0) is 24.1 Å². The van der Waals surface area contributed by atoms with Crippen molar-refractivity contribution < 1.29 is 14.3 Å². The molecule has 3 heterocycles. The maximum absolute atomic E-state index is 12.8. The minimum absolute atomic E-state index is 0.0746. The fourth-order valence-corrected chi connectivity index (χ4v) is 5.74. The SMILES string of the molecule is C[C@@H](NC(=O)CCc1nc2sc3c(c2c(=O)[nH]1)CCCCC3)c1ccc2c(c1)OCCO2. The van der Waals surface area contributed by atoms with E-state index in [-0.39, 0.29) is 23.9 Å². The highest BCUT2D eigenvalue weighted by atomic mass is 32.1. The molecule has 32 heavy (non-hydrogen) atoms. The van der Waals surface area contributed by atoms with Gasteiger partial charge in [-0.1, -0.05) is 12.5 Å². The van der Waals surface area contributed by atoms with E-state index in [0.717, 1.165) is 40.8 Å². The van der Waals surface area contributed by atoms with Crippen LogP contribution in [0.15, 0.2) is 23.0 Å². The smallest absolute Gasteiger partial charge is 0.259 e. The molecule has 0 saturated heterocycles. The molecule has 168 valence electrons. The van der Waals surface area contributed by atoms with E-state index >= 15 is 0 Å². The van der Waals surface area contributed by atoms with Gasteiger partial charge in [0.15, 0.2) is 11.5 Å². The summed E-state index contributed by atoms with van der Waals surface area (Å²) in [5.41, 5.74) is 2.07. The van der Waals surface area contributed by atoms with E-state index in [4.69, 9.17) is 9.47 Å². The molecule has 3 aromatic rings. The zero-order valence-electron chi connectivity index (χ0n) is 18.2. The summed E-state index contributed by atoms with van der Waals surface area (Å²) in [6, 6.07) is 5.55.